The summed E-state index contributed by atoms with van der Waals surface area (Å²) in [5, 5.41) is 10.1. The van der Waals surface area contributed by atoms with Crippen molar-refractivity contribution in [1.82, 2.24) is 4.90 Å². The van der Waals surface area contributed by atoms with E-state index in [0.29, 0.717) is 5.56 Å². The first-order valence-electron chi connectivity index (χ1n) is 5.77. The van der Waals surface area contributed by atoms with Gasteiger partial charge in [0, 0.05) is 30.5 Å². The van der Waals surface area contributed by atoms with E-state index in [0.717, 1.165) is 21.9 Å². The summed E-state index contributed by atoms with van der Waals surface area (Å²) in [5.41, 5.74) is 1.60. The Morgan fingerprint density at radius 2 is 2.22 bits per heavy atom. The van der Waals surface area contributed by atoms with Crippen LogP contribution in [0, 0.1) is 23.7 Å². The van der Waals surface area contributed by atoms with Gasteiger partial charge in [-0.2, -0.15) is 5.26 Å². The molecule has 0 aliphatic carbocycles. The summed E-state index contributed by atoms with van der Waals surface area (Å²) < 4.78 is 0. The average molecular weight is 259 g/mol. The maximum atomic E-state index is 9.32. The van der Waals surface area contributed by atoms with Gasteiger partial charge in [-0.1, -0.05) is 12.8 Å². The molecule has 0 radical (unpaired) electrons. The molecule has 4 heteroatoms. The minimum absolute atomic E-state index is 0.0471. The highest BCUT2D eigenvalue weighted by Crippen LogP contribution is 2.39. The number of hydrogen-bond acceptors (Lipinski definition) is 3. The third-order valence-electron chi connectivity index (χ3n) is 2.53. The molecule has 0 aliphatic rings. The summed E-state index contributed by atoms with van der Waals surface area (Å²) in [5.74, 6) is 2.66. The zero-order valence-electron chi connectivity index (χ0n) is 11.2. The van der Waals surface area contributed by atoms with Gasteiger partial charge in [0.2, 0.25) is 0 Å². The highest BCUT2D eigenvalue weighted by molar-refractivity contribution is 7.16. The van der Waals surface area contributed by atoms with E-state index in [1.807, 2.05) is 25.9 Å². The van der Waals surface area contributed by atoms with Crippen LogP contribution in [0.15, 0.2) is 4.99 Å². The number of rotatable bonds is 4. The summed E-state index contributed by atoms with van der Waals surface area (Å²) in [6, 6.07) is 2.24. The third kappa shape index (κ3) is 2.91. The number of hydrogen-bond donors (Lipinski definition) is 0. The number of aryl methyl sites for hydroxylation is 1. The van der Waals surface area contributed by atoms with Crippen LogP contribution in [-0.2, 0) is 6.42 Å². The Balaban J connectivity index is 3.35. The number of aliphatic imine (C=N–C) groups is 1. The van der Waals surface area contributed by atoms with Gasteiger partial charge >= 0.3 is 0 Å². The van der Waals surface area contributed by atoms with Crippen LogP contribution < -0.4 is 0 Å². The molecular formula is C14H17N3S. The molecule has 1 aromatic rings. The molecule has 1 heterocycles. The highest BCUT2D eigenvalue weighted by atomic mass is 32.1. The van der Waals surface area contributed by atoms with Crippen molar-refractivity contribution in [1.29, 1.82) is 5.26 Å². The van der Waals surface area contributed by atoms with Gasteiger partial charge in [-0.15, -0.1) is 17.8 Å². The van der Waals surface area contributed by atoms with Gasteiger partial charge in [0.15, 0.2) is 0 Å². The second kappa shape index (κ2) is 6.23. The van der Waals surface area contributed by atoms with E-state index in [-0.39, 0.29) is 5.92 Å². The molecule has 0 saturated carbocycles. The highest BCUT2D eigenvalue weighted by Gasteiger charge is 2.20. The molecule has 18 heavy (non-hydrogen) atoms. The number of nitriles is 1. The van der Waals surface area contributed by atoms with Crippen molar-refractivity contribution in [3.8, 4) is 18.4 Å². The Kier molecular flexibility index (Phi) is 4.95. The topological polar surface area (TPSA) is 39.4 Å². The van der Waals surface area contributed by atoms with Gasteiger partial charge in [-0.25, -0.2) is 4.99 Å². The zero-order chi connectivity index (χ0) is 13.7. The van der Waals surface area contributed by atoms with E-state index in [1.165, 1.54) is 0 Å². The maximum Gasteiger partial charge on any atom is 0.136 e. The van der Waals surface area contributed by atoms with Crippen LogP contribution in [0.3, 0.4) is 0 Å². The lowest BCUT2D eigenvalue weighted by atomic mass is 9.97. The predicted octanol–water partition coefficient (Wildman–Crippen LogP) is 3.14. The molecule has 1 unspecified atom stereocenters. The third-order valence-corrected chi connectivity index (χ3v) is 3.78. The quantitative estimate of drug-likeness (QED) is 0.473. The summed E-state index contributed by atoms with van der Waals surface area (Å²) in [6.45, 7) is 4.01. The van der Waals surface area contributed by atoms with Crippen molar-refractivity contribution in [2.75, 3.05) is 14.1 Å². The Morgan fingerprint density at radius 1 is 1.56 bits per heavy atom. The van der Waals surface area contributed by atoms with Crippen LogP contribution in [0.25, 0.3) is 0 Å². The monoisotopic (exact) mass is 259 g/mol. The molecule has 3 nitrogen and oxygen atoms in total. The van der Waals surface area contributed by atoms with Gasteiger partial charge in [0.1, 0.15) is 11.1 Å². The van der Waals surface area contributed by atoms with Crippen molar-refractivity contribution >= 4 is 22.7 Å². The maximum absolute atomic E-state index is 9.32. The normalized spacial score (nSPS) is 12.1. The number of nitrogens with zero attached hydrogens (tertiary/aromatic N) is 3. The second-order valence-electron chi connectivity index (χ2n) is 4.18. The molecule has 0 amide bonds. The van der Waals surface area contributed by atoms with Gasteiger partial charge in [-0.3, -0.25) is 0 Å². The fraction of sp³-hybridized carbons (Fsp3) is 0.429. The van der Waals surface area contributed by atoms with Crippen LogP contribution in [0.4, 0.5) is 5.00 Å². The van der Waals surface area contributed by atoms with E-state index in [1.54, 1.807) is 17.7 Å². The van der Waals surface area contributed by atoms with Gasteiger partial charge in [0.25, 0.3) is 0 Å². The SMILES string of the molecule is C#CC(C)c1c(CC)sc(/N=C/N(C)C)c1C#N. The molecule has 0 aromatic carbocycles. The van der Waals surface area contributed by atoms with E-state index >= 15 is 0 Å². The second-order valence-corrected chi connectivity index (χ2v) is 5.26. The zero-order valence-corrected chi connectivity index (χ0v) is 12.0. The molecule has 0 saturated heterocycles. The fourth-order valence-electron chi connectivity index (χ4n) is 1.65. The van der Waals surface area contributed by atoms with Crippen molar-refractivity contribution < 1.29 is 0 Å². The molecule has 0 spiro atoms. The molecule has 1 aromatic heterocycles. The lowest BCUT2D eigenvalue weighted by molar-refractivity contribution is 0.643. The van der Waals surface area contributed by atoms with Crippen molar-refractivity contribution in [2.24, 2.45) is 4.99 Å². The summed E-state index contributed by atoms with van der Waals surface area (Å²) in [7, 11) is 3.80. The van der Waals surface area contributed by atoms with Gasteiger partial charge < -0.3 is 4.90 Å². The molecule has 94 valence electrons. The summed E-state index contributed by atoms with van der Waals surface area (Å²) >= 11 is 1.55. The number of terminal acetylenes is 1. The molecule has 0 bridgehead atoms. The van der Waals surface area contributed by atoms with Crippen LogP contribution in [0.2, 0.25) is 0 Å². The van der Waals surface area contributed by atoms with Gasteiger partial charge in [-0.05, 0) is 13.3 Å². The minimum Gasteiger partial charge on any atom is -0.369 e. The standard InChI is InChI=1S/C14H17N3S/c1-6-10(3)13-11(8-15)14(16-9-17(4)5)18-12(13)7-2/h1,9-10H,7H2,2-5H3/b16-9+. The van der Waals surface area contributed by atoms with Crippen molar-refractivity contribution in [3.05, 3.63) is 16.0 Å². The van der Waals surface area contributed by atoms with E-state index < -0.39 is 0 Å². The van der Waals surface area contributed by atoms with Crippen LogP contribution in [-0.4, -0.2) is 25.3 Å². The minimum atomic E-state index is -0.0471. The smallest absolute Gasteiger partial charge is 0.136 e. The van der Waals surface area contributed by atoms with Crippen LogP contribution >= 0.6 is 11.3 Å². The van der Waals surface area contributed by atoms with Crippen molar-refractivity contribution in [2.45, 2.75) is 26.2 Å². The molecule has 1 rings (SSSR count). The molecule has 1 atom stereocenters. The van der Waals surface area contributed by atoms with Crippen LogP contribution in [0.1, 0.15) is 35.8 Å². The molecule has 0 N–H and O–H groups in total. The van der Waals surface area contributed by atoms with E-state index in [2.05, 4.69) is 23.9 Å². The van der Waals surface area contributed by atoms with E-state index in [9.17, 15) is 5.26 Å². The first-order chi connectivity index (χ1) is 8.54. The molecule has 0 aliphatic heterocycles. The molecule has 0 fully saturated rings. The first kappa shape index (κ1) is 14.3. The Morgan fingerprint density at radius 3 is 2.67 bits per heavy atom. The molecular weight excluding hydrogens is 242 g/mol. The predicted molar refractivity (Wildman–Crippen MR) is 77.5 cm³/mol. The fourth-order valence-corrected chi connectivity index (χ4v) is 2.77. The van der Waals surface area contributed by atoms with Gasteiger partial charge in [0.05, 0.1) is 11.9 Å². The Labute approximate surface area is 113 Å². The summed E-state index contributed by atoms with van der Waals surface area (Å²) in [6.07, 6.45) is 8.06. The van der Waals surface area contributed by atoms with E-state index in [4.69, 9.17) is 6.42 Å². The Hall–Kier alpha value is -1.78. The first-order valence-corrected chi connectivity index (χ1v) is 6.59. The lowest BCUT2D eigenvalue weighted by Crippen LogP contribution is -2.06. The van der Waals surface area contributed by atoms with Crippen LogP contribution in [0.5, 0.6) is 0 Å². The lowest BCUT2D eigenvalue weighted by Gasteiger charge is -2.05. The number of thiophene rings is 1. The summed E-state index contributed by atoms with van der Waals surface area (Å²) in [4.78, 5) is 7.35. The largest absolute Gasteiger partial charge is 0.369 e. The average Bonchev–Trinajstić information content (AvgIpc) is 2.72. The van der Waals surface area contributed by atoms with Crippen molar-refractivity contribution in [3.63, 3.8) is 0 Å². The Bertz CT molecular complexity index is 526.